The molecule has 0 spiro atoms. The highest BCUT2D eigenvalue weighted by molar-refractivity contribution is 5.58. The summed E-state index contributed by atoms with van der Waals surface area (Å²) in [5.41, 5.74) is 3.27. The van der Waals surface area contributed by atoms with Gasteiger partial charge >= 0.3 is 0 Å². The standard InChI is InChI=1S/C14H12N2O/c1-11-9-15-16(10-11)13-6-4-12(5-7-13)14-3-2-8-17-14/h2-10H,1H3. The molecule has 2 aromatic heterocycles. The number of hydrogen-bond acceptors (Lipinski definition) is 2. The lowest BCUT2D eigenvalue weighted by atomic mass is 10.1. The number of rotatable bonds is 2. The molecule has 84 valence electrons. The van der Waals surface area contributed by atoms with Crippen LogP contribution < -0.4 is 0 Å². The Hall–Kier alpha value is -2.29. The summed E-state index contributed by atoms with van der Waals surface area (Å²) in [6.45, 7) is 2.03. The van der Waals surface area contributed by atoms with Crippen LogP contribution in [0.25, 0.3) is 17.0 Å². The summed E-state index contributed by atoms with van der Waals surface area (Å²) in [4.78, 5) is 0. The maximum atomic E-state index is 5.35. The van der Waals surface area contributed by atoms with E-state index in [0.29, 0.717) is 0 Å². The van der Waals surface area contributed by atoms with Gasteiger partial charge in [0, 0.05) is 11.8 Å². The molecule has 3 rings (SSSR count). The molecular formula is C14H12N2O. The lowest BCUT2D eigenvalue weighted by Crippen LogP contribution is -1.93. The van der Waals surface area contributed by atoms with Gasteiger partial charge in [-0.2, -0.15) is 5.10 Å². The van der Waals surface area contributed by atoms with Gasteiger partial charge in [-0.05, 0) is 48.9 Å². The second-order valence-corrected chi connectivity index (χ2v) is 3.99. The number of nitrogens with zero attached hydrogens (tertiary/aromatic N) is 2. The van der Waals surface area contributed by atoms with E-state index in [1.807, 2.05) is 60.4 Å². The Bertz CT molecular complexity index is 606. The fraction of sp³-hybridized carbons (Fsp3) is 0.0714. The molecule has 3 nitrogen and oxygen atoms in total. The third kappa shape index (κ3) is 1.87. The summed E-state index contributed by atoms with van der Waals surface area (Å²) in [5, 5.41) is 4.27. The van der Waals surface area contributed by atoms with E-state index in [9.17, 15) is 0 Å². The van der Waals surface area contributed by atoms with Gasteiger partial charge in [-0.1, -0.05) is 0 Å². The van der Waals surface area contributed by atoms with Crippen LogP contribution in [0, 0.1) is 6.92 Å². The highest BCUT2D eigenvalue weighted by atomic mass is 16.3. The van der Waals surface area contributed by atoms with Gasteiger partial charge in [-0.3, -0.25) is 0 Å². The van der Waals surface area contributed by atoms with Crippen LogP contribution in [0.2, 0.25) is 0 Å². The van der Waals surface area contributed by atoms with Gasteiger partial charge in [0.2, 0.25) is 0 Å². The molecule has 3 aromatic rings. The van der Waals surface area contributed by atoms with E-state index < -0.39 is 0 Å². The van der Waals surface area contributed by atoms with Crippen molar-refractivity contribution in [2.24, 2.45) is 0 Å². The molecule has 1 aromatic carbocycles. The molecule has 0 unspecified atom stereocenters. The number of aryl methyl sites for hydroxylation is 1. The maximum absolute atomic E-state index is 5.35. The van der Waals surface area contributed by atoms with Gasteiger partial charge in [-0.25, -0.2) is 4.68 Å². The molecule has 17 heavy (non-hydrogen) atoms. The predicted molar refractivity (Wildman–Crippen MR) is 66.0 cm³/mol. The first-order chi connectivity index (χ1) is 8.33. The van der Waals surface area contributed by atoms with Crippen molar-refractivity contribution in [1.29, 1.82) is 0 Å². The third-order valence-electron chi connectivity index (χ3n) is 2.65. The van der Waals surface area contributed by atoms with Crippen molar-refractivity contribution in [3.05, 3.63) is 60.6 Å². The minimum Gasteiger partial charge on any atom is -0.464 e. The number of aromatic nitrogens is 2. The smallest absolute Gasteiger partial charge is 0.133 e. The van der Waals surface area contributed by atoms with Gasteiger partial charge in [0.05, 0.1) is 18.1 Å². The Morgan fingerprint density at radius 2 is 1.94 bits per heavy atom. The Morgan fingerprint density at radius 1 is 1.12 bits per heavy atom. The van der Waals surface area contributed by atoms with E-state index in [4.69, 9.17) is 4.42 Å². The van der Waals surface area contributed by atoms with Crippen LogP contribution in [0.1, 0.15) is 5.56 Å². The average molecular weight is 224 g/mol. The minimum absolute atomic E-state index is 0.883. The molecule has 0 amide bonds. The largest absolute Gasteiger partial charge is 0.464 e. The Balaban J connectivity index is 1.95. The SMILES string of the molecule is Cc1cnn(-c2ccc(-c3ccco3)cc2)c1. The second-order valence-electron chi connectivity index (χ2n) is 3.99. The van der Waals surface area contributed by atoms with Crippen molar-refractivity contribution in [3.8, 4) is 17.0 Å². The van der Waals surface area contributed by atoms with E-state index in [1.54, 1.807) is 6.26 Å². The molecule has 3 heteroatoms. The first-order valence-corrected chi connectivity index (χ1v) is 5.48. The molecule has 0 atom stereocenters. The first kappa shape index (κ1) is 9.90. The number of benzene rings is 1. The van der Waals surface area contributed by atoms with Gasteiger partial charge in [-0.15, -0.1) is 0 Å². The van der Waals surface area contributed by atoms with Crippen LogP contribution in [-0.2, 0) is 0 Å². The molecule has 0 radical (unpaired) electrons. The Labute approximate surface area is 99.3 Å². The normalized spacial score (nSPS) is 10.6. The van der Waals surface area contributed by atoms with Gasteiger partial charge in [0.1, 0.15) is 5.76 Å². The quantitative estimate of drug-likeness (QED) is 0.667. The van der Waals surface area contributed by atoms with Crippen LogP contribution in [0.15, 0.2) is 59.5 Å². The van der Waals surface area contributed by atoms with Crippen molar-refractivity contribution in [3.63, 3.8) is 0 Å². The molecule has 0 saturated carbocycles. The zero-order valence-electron chi connectivity index (χ0n) is 9.50. The van der Waals surface area contributed by atoms with Crippen LogP contribution >= 0.6 is 0 Å². The van der Waals surface area contributed by atoms with Crippen LogP contribution in [0.3, 0.4) is 0 Å². The molecule has 0 aliphatic rings. The van der Waals surface area contributed by atoms with Gasteiger partial charge in [0.15, 0.2) is 0 Å². The Morgan fingerprint density at radius 3 is 2.53 bits per heavy atom. The highest BCUT2D eigenvalue weighted by Gasteiger charge is 2.02. The summed E-state index contributed by atoms with van der Waals surface area (Å²) in [7, 11) is 0. The molecule has 0 bridgehead atoms. The predicted octanol–water partition coefficient (Wildman–Crippen LogP) is 3.44. The monoisotopic (exact) mass is 224 g/mol. The lowest BCUT2D eigenvalue weighted by Gasteiger charge is -2.02. The summed E-state index contributed by atoms with van der Waals surface area (Å²) >= 11 is 0. The molecular weight excluding hydrogens is 212 g/mol. The van der Waals surface area contributed by atoms with Crippen molar-refractivity contribution >= 4 is 0 Å². The van der Waals surface area contributed by atoms with E-state index in [-0.39, 0.29) is 0 Å². The Kier molecular flexibility index (Phi) is 2.29. The molecule has 0 saturated heterocycles. The zero-order chi connectivity index (χ0) is 11.7. The summed E-state index contributed by atoms with van der Waals surface area (Å²) in [5.74, 6) is 0.883. The number of furan rings is 1. The first-order valence-electron chi connectivity index (χ1n) is 5.48. The maximum Gasteiger partial charge on any atom is 0.133 e. The molecule has 0 fully saturated rings. The van der Waals surface area contributed by atoms with Crippen molar-refractivity contribution < 1.29 is 4.42 Å². The van der Waals surface area contributed by atoms with E-state index in [2.05, 4.69) is 5.10 Å². The molecule has 0 aliphatic carbocycles. The summed E-state index contributed by atoms with van der Waals surface area (Å²) in [6.07, 6.45) is 5.53. The highest BCUT2D eigenvalue weighted by Crippen LogP contribution is 2.21. The fourth-order valence-electron chi connectivity index (χ4n) is 1.78. The summed E-state index contributed by atoms with van der Waals surface area (Å²) < 4.78 is 7.21. The van der Waals surface area contributed by atoms with E-state index >= 15 is 0 Å². The van der Waals surface area contributed by atoms with Crippen LogP contribution in [0.4, 0.5) is 0 Å². The van der Waals surface area contributed by atoms with Crippen molar-refractivity contribution in [2.45, 2.75) is 6.92 Å². The molecule has 2 heterocycles. The fourth-order valence-corrected chi connectivity index (χ4v) is 1.78. The lowest BCUT2D eigenvalue weighted by molar-refractivity contribution is 0.582. The summed E-state index contributed by atoms with van der Waals surface area (Å²) in [6, 6.07) is 12.0. The third-order valence-corrected chi connectivity index (χ3v) is 2.65. The second kappa shape index (κ2) is 3.94. The minimum atomic E-state index is 0.883. The van der Waals surface area contributed by atoms with Crippen molar-refractivity contribution in [2.75, 3.05) is 0 Å². The zero-order valence-corrected chi connectivity index (χ0v) is 9.50. The molecule has 0 N–H and O–H groups in total. The van der Waals surface area contributed by atoms with Crippen LogP contribution in [-0.4, -0.2) is 9.78 Å². The number of hydrogen-bond donors (Lipinski definition) is 0. The van der Waals surface area contributed by atoms with Gasteiger partial charge < -0.3 is 4.42 Å². The molecule has 0 aliphatic heterocycles. The van der Waals surface area contributed by atoms with E-state index in [0.717, 1.165) is 22.6 Å². The average Bonchev–Trinajstić information content (AvgIpc) is 3.00. The van der Waals surface area contributed by atoms with Crippen molar-refractivity contribution in [1.82, 2.24) is 9.78 Å². The van der Waals surface area contributed by atoms with E-state index in [1.165, 1.54) is 0 Å². The van der Waals surface area contributed by atoms with Gasteiger partial charge in [0.25, 0.3) is 0 Å². The van der Waals surface area contributed by atoms with Crippen LogP contribution in [0.5, 0.6) is 0 Å². The topological polar surface area (TPSA) is 31.0 Å².